The van der Waals surface area contributed by atoms with E-state index in [1.54, 1.807) is 7.11 Å². The lowest BCUT2D eigenvalue weighted by Gasteiger charge is -2.13. The van der Waals surface area contributed by atoms with Crippen molar-refractivity contribution >= 4 is 11.4 Å². The number of aryl methyl sites for hydroxylation is 1. The average molecular weight is 345 g/mol. The van der Waals surface area contributed by atoms with Gasteiger partial charge in [0.2, 0.25) is 0 Å². The largest absolute Gasteiger partial charge is 0.496 e. The van der Waals surface area contributed by atoms with E-state index in [4.69, 9.17) is 4.74 Å². The molecule has 0 saturated heterocycles. The van der Waals surface area contributed by atoms with Crippen LogP contribution < -0.4 is 10.1 Å². The molecule has 0 aliphatic carbocycles. The maximum Gasteiger partial charge on any atom is 0.126 e. The highest BCUT2D eigenvalue weighted by Crippen LogP contribution is 2.33. The molecule has 0 fully saturated rings. The standard InChI is InChI=1S/C24H27NO/c1-3-4-6-9-19-12-14-21(15-13-19)25-22-16-17-24(26-2)23(18-22)20-10-7-5-8-11-20/h5,7-8,10-18,25H,3-4,6,9H2,1-2H3. The Morgan fingerprint density at radius 2 is 1.54 bits per heavy atom. The average Bonchev–Trinajstić information content (AvgIpc) is 2.70. The summed E-state index contributed by atoms with van der Waals surface area (Å²) in [6, 6.07) is 25.3. The molecule has 0 spiro atoms. The molecule has 2 nitrogen and oxygen atoms in total. The Morgan fingerprint density at radius 1 is 0.808 bits per heavy atom. The lowest BCUT2D eigenvalue weighted by Crippen LogP contribution is -1.94. The number of benzene rings is 3. The normalized spacial score (nSPS) is 10.5. The fraction of sp³-hybridized carbons (Fsp3) is 0.250. The van der Waals surface area contributed by atoms with Gasteiger partial charge in [-0.1, -0.05) is 62.2 Å². The first-order chi connectivity index (χ1) is 12.8. The second kappa shape index (κ2) is 9.10. The number of hydrogen-bond donors (Lipinski definition) is 1. The van der Waals surface area contributed by atoms with E-state index in [2.05, 4.69) is 60.8 Å². The second-order valence-corrected chi connectivity index (χ2v) is 6.56. The van der Waals surface area contributed by atoms with Crippen molar-refractivity contribution in [1.82, 2.24) is 0 Å². The summed E-state index contributed by atoms with van der Waals surface area (Å²) >= 11 is 0. The SMILES string of the molecule is CCCCCc1ccc(Nc2ccc(OC)c(-c3ccccc3)c2)cc1. The minimum atomic E-state index is 0.882. The summed E-state index contributed by atoms with van der Waals surface area (Å²) in [5.74, 6) is 0.882. The molecule has 0 amide bonds. The van der Waals surface area contributed by atoms with Crippen LogP contribution in [0.4, 0.5) is 11.4 Å². The molecule has 3 aromatic carbocycles. The van der Waals surface area contributed by atoms with Crippen molar-refractivity contribution in [3.63, 3.8) is 0 Å². The molecule has 0 aliphatic heterocycles. The summed E-state index contributed by atoms with van der Waals surface area (Å²) in [4.78, 5) is 0. The van der Waals surface area contributed by atoms with Gasteiger partial charge in [-0.15, -0.1) is 0 Å². The van der Waals surface area contributed by atoms with Crippen LogP contribution in [0.25, 0.3) is 11.1 Å². The third-order valence-corrected chi connectivity index (χ3v) is 4.60. The van der Waals surface area contributed by atoms with Crippen LogP contribution in [0.15, 0.2) is 72.8 Å². The van der Waals surface area contributed by atoms with Crippen molar-refractivity contribution in [2.45, 2.75) is 32.6 Å². The summed E-state index contributed by atoms with van der Waals surface area (Å²) < 4.78 is 5.54. The Morgan fingerprint density at radius 3 is 2.23 bits per heavy atom. The van der Waals surface area contributed by atoms with Gasteiger partial charge in [-0.05, 0) is 54.3 Å². The van der Waals surface area contributed by atoms with Crippen molar-refractivity contribution in [1.29, 1.82) is 0 Å². The molecular formula is C24H27NO. The van der Waals surface area contributed by atoms with Gasteiger partial charge in [0.25, 0.3) is 0 Å². The molecule has 3 aromatic rings. The van der Waals surface area contributed by atoms with Gasteiger partial charge in [0.15, 0.2) is 0 Å². The topological polar surface area (TPSA) is 21.3 Å². The highest BCUT2D eigenvalue weighted by Gasteiger charge is 2.07. The Labute approximate surface area is 156 Å². The first-order valence-electron chi connectivity index (χ1n) is 9.39. The zero-order valence-electron chi connectivity index (χ0n) is 15.7. The predicted molar refractivity (Wildman–Crippen MR) is 111 cm³/mol. The Balaban J connectivity index is 1.76. The van der Waals surface area contributed by atoms with Crippen LogP contribution in [0.2, 0.25) is 0 Å². The number of anilines is 2. The van der Waals surface area contributed by atoms with E-state index in [1.807, 2.05) is 24.3 Å². The first kappa shape index (κ1) is 18.1. The van der Waals surface area contributed by atoms with E-state index in [1.165, 1.54) is 24.8 Å². The molecule has 26 heavy (non-hydrogen) atoms. The van der Waals surface area contributed by atoms with E-state index in [-0.39, 0.29) is 0 Å². The molecule has 0 aliphatic rings. The van der Waals surface area contributed by atoms with E-state index in [0.29, 0.717) is 0 Å². The van der Waals surface area contributed by atoms with Crippen molar-refractivity contribution in [3.05, 3.63) is 78.4 Å². The third kappa shape index (κ3) is 4.66. The van der Waals surface area contributed by atoms with Gasteiger partial charge < -0.3 is 10.1 Å². The molecular weight excluding hydrogens is 318 g/mol. The van der Waals surface area contributed by atoms with E-state index in [9.17, 15) is 0 Å². The molecule has 0 saturated carbocycles. The number of unbranched alkanes of at least 4 members (excludes halogenated alkanes) is 2. The number of methoxy groups -OCH3 is 1. The monoisotopic (exact) mass is 345 g/mol. The molecule has 0 unspecified atom stereocenters. The van der Waals surface area contributed by atoms with Gasteiger partial charge in [-0.25, -0.2) is 0 Å². The fourth-order valence-electron chi connectivity index (χ4n) is 3.13. The van der Waals surface area contributed by atoms with Crippen LogP contribution in [-0.4, -0.2) is 7.11 Å². The summed E-state index contributed by atoms with van der Waals surface area (Å²) in [6.45, 7) is 2.24. The molecule has 0 aromatic heterocycles. The van der Waals surface area contributed by atoms with Crippen LogP contribution in [-0.2, 0) is 6.42 Å². The quantitative estimate of drug-likeness (QED) is 0.451. The lowest BCUT2D eigenvalue weighted by atomic mass is 10.0. The first-order valence-corrected chi connectivity index (χ1v) is 9.39. The van der Waals surface area contributed by atoms with Crippen LogP contribution in [0, 0.1) is 0 Å². The molecule has 134 valence electrons. The maximum absolute atomic E-state index is 5.54. The summed E-state index contributed by atoms with van der Waals surface area (Å²) in [7, 11) is 1.71. The number of rotatable bonds is 8. The minimum absolute atomic E-state index is 0.882. The number of ether oxygens (including phenoxy) is 1. The zero-order chi connectivity index (χ0) is 18.2. The molecule has 0 atom stereocenters. The third-order valence-electron chi connectivity index (χ3n) is 4.60. The molecule has 1 N–H and O–H groups in total. The lowest BCUT2D eigenvalue weighted by molar-refractivity contribution is 0.416. The van der Waals surface area contributed by atoms with E-state index >= 15 is 0 Å². The Hall–Kier alpha value is -2.74. The number of hydrogen-bond acceptors (Lipinski definition) is 2. The molecule has 2 heteroatoms. The second-order valence-electron chi connectivity index (χ2n) is 6.56. The molecule has 0 heterocycles. The van der Waals surface area contributed by atoms with E-state index < -0.39 is 0 Å². The minimum Gasteiger partial charge on any atom is -0.496 e. The fourth-order valence-corrected chi connectivity index (χ4v) is 3.13. The van der Waals surface area contributed by atoms with Gasteiger partial charge in [-0.3, -0.25) is 0 Å². The van der Waals surface area contributed by atoms with Gasteiger partial charge in [0.1, 0.15) is 5.75 Å². The van der Waals surface area contributed by atoms with Gasteiger partial charge in [0, 0.05) is 16.9 Å². The van der Waals surface area contributed by atoms with Crippen LogP contribution >= 0.6 is 0 Å². The summed E-state index contributed by atoms with van der Waals surface area (Å²) in [5, 5.41) is 3.50. The van der Waals surface area contributed by atoms with Crippen LogP contribution in [0.5, 0.6) is 5.75 Å². The smallest absolute Gasteiger partial charge is 0.126 e. The van der Waals surface area contributed by atoms with Crippen molar-refractivity contribution in [2.24, 2.45) is 0 Å². The molecule has 0 radical (unpaired) electrons. The van der Waals surface area contributed by atoms with Gasteiger partial charge in [-0.2, -0.15) is 0 Å². The van der Waals surface area contributed by atoms with Crippen molar-refractivity contribution in [2.75, 3.05) is 12.4 Å². The maximum atomic E-state index is 5.54. The Kier molecular flexibility index (Phi) is 6.32. The van der Waals surface area contributed by atoms with Crippen LogP contribution in [0.1, 0.15) is 31.7 Å². The van der Waals surface area contributed by atoms with Crippen molar-refractivity contribution < 1.29 is 4.74 Å². The zero-order valence-corrected chi connectivity index (χ0v) is 15.7. The summed E-state index contributed by atoms with van der Waals surface area (Å²) in [5.41, 5.74) is 5.81. The van der Waals surface area contributed by atoms with Gasteiger partial charge >= 0.3 is 0 Å². The molecule has 3 rings (SSSR count). The summed E-state index contributed by atoms with van der Waals surface area (Å²) in [6.07, 6.45) is 4.99. The van der Waals surface area contributed by atoms with Crippen LogP contribution in [0.3, 0.4) is 0 Å². The van der Waals surface area contributed by atoms with Crippen molar-refractivity contribution in [3.8, 4) is 16.9 Å². The highest BCUT2D eigenvalue weighted by atomic mass is 16.5. The predicted octanol–water partition coefficient (Wildman–Crippen LogP) is 6.84. The number of nitrogens with one attached hydrogen (secondary N) is 1. The van der Waals surface area contributed by atoms with Gasteiger partial charge in [0.05, 0.1) is 7.11 Å². The molecule has 0 bridgehead atoms. The van der Waals surface area contributed by atoms with E-state index in [0.717, 1.165) is 34.7 Å². The Bertz CT molecular complexity index is 809. The highest BCUT2D eigenvalue weighted by molar-refractivity contribution is 5.76.